The second kappa shape index (κ2) is 7.92. The van der Waals surface area contributed by atoms with Crippen LogP contribution in [0, 0.1) is 12.7 Å². The number of hydrogen-bond donors (Lipinski definition) is 1. The lowest BCUT2D eigenvalue weighted by molar-refractivity contribution is -0.115. The minimum Gasteiger partial charge on any atom is -0.302 e. The highest BCUT2D eigenvalue weighted by atomic mass is 32.2. The molecule has 2 aromatic heterocycles. The predicted octanol–water partition coefficient (Wildman–Crippen LogP) is 3.38. The molecule has 10 heteroatoms. The van der Waals surface area contributed by atoms with E-state index >= 15 is 0 Å². The summed E-state index contributed by atoms with van der Waals surface area (Å²) in [6.45, 7) is 6.22. The third kappa shape index (κ3) is 4.07. The van der Waals surface area contributed by atoms with Crippen molar-refractivity contribution in [1.82, 2.24) is 25.0 Å². The summed E-state index contributed by atoms with van der Waals surface area (Å²) in [4.78, 5) is 12.3. The topological polar surface area (TPSA) is 85.6 Å². The summed E-state index contributed by atoms with van der Waals surface area (Å²) >= 11 is 2.63. The monoisotopic (exact) mass is 392 g/mol. The van der Waals surface area contributed by atoms with Crippen molar-refractivity contribution in [1.29, 1.82) is 0 Å². The highest BCUT2D eigenvalue weighted by Gasteiger charge is 2.21. The number of nitrogens with one attached hydrogen (secondary N) is 1. The molecule has 1 aromatic carbocycles. The fraction of sp³-hybridized carbons (Fsp3) is 0.312. The van der Waals surface area contributed by atoms with Gasteiger partial charge in [0.15, 0.2) is 11.0 Å². The van der Waals surface area contributed by atoms with Gasteiger partial charge in [-0.25, -0.2) is 4.39 Å². The molecule has 7 nitrogen and oxygen atoms in total. The van der Waals surface area contributed by atoms with Crippen LogP contribution in [0.25, 0.3) is 11.4 Å². The standard InChI is InChI=1S/C16H17FN6OS2/c1-4-23-13(11-5-7-12(17)8-6-11)20-22-16(23)25-9(2)14(24)18-15-21-19-10(3)26-15/h5-9H,4H2,1-3H3,(H,18,21,24)/t9-/m1/s1. The van der Waals surface area contributed by atoms with Crippen molar-refractivity contribution in [2.24, 2.45) is 0 Å². The number of carbonyl (C=O) groups excluding carboxylic acids is 1. The van der Waals surface area contributed by atoms with Gasteiger partial charge in [0.1, 0.15) is 10.8 Å². The number of hydrogen-bond acceptors (Lipinski definition) is 7. The Morgan fingerprint density at radius 1 is 1.27 bits per heavy atom. The van der Waals surface area contributed by atoms with E-state index in [4.69, 9.17) is 0 Å². The molecule has 26 heavy (non-hydrogen) atoms. The van der Waals surface area contributed by atoms with Gasteiger partial charge in [-0.05, 0) is 45.0 Å². The normalized spacial score (nSPS) is 12.2. The van der Waals surface area contributed by atoms with Crippen molar-refractivity contribution in [3.8, 4) is 11.4 Å². The molecule has 2 heterocycles. The Balaban J connectivity index is 1.75. The van der Waals surface area contributed by atoms with Crippen LogP contribution in [0.2, 0.25) is 0 Å². The summed E-state index contributed by atoms with van der Waals surface area (Å²) in [7, 11) is 0. The van der Waals surface area contributed by atoms with E-state index in [1.54, 1.807) is 19.1 Å². The highest BCUT2D eigenvalue weighted by Crippen LogP contribution is 2.27. The number of benzene rings is 1. The SMILES string of the molecule is CCn1c(S[C@H](C)C(=O)Nc2nnc(C)s2)nnc1-c1ccc(F)cc1. The Kier molecular flexibility index (Phi) is 5.62. The number of carbonyl (C=O) groups is 1. The summed E-state index contributed by atoms with van der Waals surface area (Å²) in [6, 6.07) is 6.09. The molecular weight excluding hydrogens is 375 g/mol. The Hall–Kier alpha value is -2.33. The van der Waals surface area contributed by atoms with Gasteiger partial charge < -0.3 is 4.57 Å². The Labute approximate surface area is 158 Å². The first-order chi connectivity index (χ1) is 12.5. The first-order valence-electron chi connectivity index (χ1n) is 7.94. The molecule has 1 amide bonds. The van der Waals surface area contributed by atoms with Gasteiger partial charge in [-0.3, -0.25) is 10.1 Å². The molecule has 0 radical (unpaired) electrons. The average Bonchev–Trinajstić information content (AvgIpc) is 3.21. The fourth-order valence-electron chi connectivity index (χ4n) is 2.24. The summed E-state index contributed by atoms with van der Waals surface area (Å²) in [5.41, 5.74) is 0.772. The van der Waals surface area contributed by atoms with E-state index < -0.39 is 5.25 Å². The van der Waals surface area contributed by atoms with Crippen LogP contribution in [0.4, 0.5) is 9.52 Å². The van der Waals surface area contributed by atoms with Crippen LogP contribution >= 0.6 is 23.1 Å². The van der Waals surface area contributed by atoms with Gasteiger partial charge in [0.2, 0.25) is 11.0 Å². The Morgan fingerprint density at radius 3 is 2.62 bits per heavy atom. The number of aromatic nitrogens is 5. The van der Waals surface area contributed by atoms with E-state index in [1.807, 2.05) is 18.4 Å². The van der Waals surface area contributed by atoms with Crippen LogP contribution in [0.5, 0.6) is 0 Å². The molecule has 0 aliphatic rings. The molecule has 0 unspecified atom stereocenters. The largest absolute Gasteiger partial charge is 0.302 e. The smallest absolute Gasteiger partial charge is 0.239 e. The molecule has 1 N–H and O–H groups in total. The van der Waals surface area contributed by atoms with Crippen molar-refractivity contribution in [2.45, 2.75) is 37.7 Å². The lowest BCUT2D eigenvalue weighted by Gasteiger charge is -2.11. The van der Waals surface area contributed by atoms with Crippen LogP contribution in [-0.2, 0) is 11.3 Å². The van der Waals surface area contributed by atoms with Gasteiger partial charge in [-0.1, -0.05) is 23.1 Å². The minimum atomic E-state index is -0.394. The third-order valence-electron chi connectivity index (χ3n) is 3.54. The maximum absolute atomic E-state index is 13.1. The van der Waals surface area contributed by atoms with Crippen LogP contribution in [0.3, 0.4) is 0 Å². The van der Waals surface area contributed by atoms with E-state index in [1.165, 1.54) is 35.2 Å². The zero-order valence-corrected chi connectivity index (χ0v) is 16.1. The molecule has 0 fully saturated rings. The van der Waals surface area contributed by atoms with Crippen LogP contribution in [0.1, 0.15) is 18.9 Å². The predicted molar refractivity (Wildman–Crippen MR) is 99.7 cm³/mol. The maximum atomic E-state index is 13.1. The zero-order valence-electron chi connectivity index (χ0n) is 14.4. The highest BCUT2D eigenvalue weighted by molar-refractivity contribution is 8.00. The van der Waals surface area contributed by atoms with Crippen molar-refractivity contribution in [2.75, 3.05) is 5.32 Å². The van der Waals surface area contributed by atoms with Crippen molar-refractivity contribution >= 4 is 34.1 Å². The first-order valence-corrected chi connectivity index (χ1v) is 9.64. The number of amides is 1. The third-order valence-corrected chi connectivity index (χ3v) is 5.38. The number of thioether (sulfide) groups is 1. The number of rotatable bonds is 6. The average molecular weight is 392 g/mol. The van der Waals surface area contributed by atoms with E-state index in [9.17, 15) is 9.18 Å². The molecule has 0 aliphatic carbocycles. The van der Waals surface area contributed by atoms with Crippen LogP contribution in [0.15, 0.2) is 29.4 Å². The van der Waals surface area contributed by atoms with Gasteiger partial charge in [0.25, 0.3) is 0 Å². The Morgan fingerprint density at radius 2 is 2.00 bits per heavy atom. The van der Waals surface area contributed by atoms with Gasteiger partial charge in [-0.2, -0.15) is 0 Å². The van der Waals surface area contributed by atoms with E-state index in [-0.39, 0.29) is 11.7 Å². The van der Waals surface area contributed by atoms with Crippen molar-refractivity contribution < 1.29 is 9.18 Å². The molecule has 0 bridgehead atoms. The minimum absolute atomic E-state index is 0.180. The lowest BCUT2D eigenvalue weighted by Crippen LogP contribution is -2.22. The number of aryl methyl sites for hydroxylation is 1. The summed E-state index contributed by atoms with van der Waals surface area (Å²) < 4.78 is 15.0. The summed E-state index contributed by atoms with van der Waals surface area (Å²) in [5.74, 6) is 0.158. The van der Waals surface area contributed by atoms with E-state index in [2.05, 4.69) is 25.7 Å². The number of nitrogens with zero attached hydrogens (tertiary/aromatic N) is 5. The van der Waals surface area contributed by atoms with Gasteiger partial charge in [-0.15, -0.1) is 20.4 Å². The molecule has 0 saturated carbocycles. The quantitative estimate of drug-likeness (QED) is 0.647. The van der Waals surface area contributed by atoms with E-state index in [0.717, 1.165) is 10.6 Å². The molecule has 0 spiro atoms. The lowest BCUT2D eigenvalue weighted by atomic mass is 10.2. The molecule has 3 rings (SSSR count). The number of halogens is 1. The molecule has 0 aliphatic heterocycles. The van der Waals surface area contributed by atoms with Gasteiger partial charge in [0, 0.05) is 12.1 Å². The van der Waals surface area contributed by atoms with Crippen LogP contribution < -0.4 is 5.32 Å². The number of anilines is 1. The molecular formula is C16H17FN6OS2. The maximum Gasteiger partial charge on any atom is 0.239 e. The summed E-state index contributed by atoms with van der Waals surface area (Å²) in [5, 5.41) is 20.4. The van der Waals surface area contributed by atoms with Crippen molar-refractivity contribution in [3.63, 3.8) is 0 Å². The molecule has 3 aromatic rings. The first kappa shape index (κ1) is 18.5. The molecule has 1 atom stereocenters. The van der Waals surface area contributed by atoms with Gasteiger partial charge in [0.05, 0.1) is 5.25 Å². The van der Waals surface area contributed by atoms with Gasteiger partial charge >= 0.3 is 0 Å². The second-order valence-corrected chi connectivity index (χ2v) is 7.92. The van der Waals surface area contributed by atoms with E-state index in [0.29, 0.717) is 22.7 Å². The molecule has 136 valence electrons. The second-order valence-electron chi connectivity index (χ2n) is 5.43. The Bertz CT molecular complexity index is 908. The van der Waals surface area contributed by atoms with Crippen molar-refractivity contribution in [3.05, 3.63) is 35.1 Å². The summed E-state index contributed by atoms with van der Waals surface area (Å²) in [6.07, 6.45) is 0. The zero-order chi connectivity index (χ0) is 18.7. The molecule has 0 saturated heterocycles. The van der Waals surface area contributed by atoms with Crippen LogP contribution in [-0.4, -0.2) is 36.1 Å². The fourth-order valence-corrected chi connectivity index (χ4v) is 3.75.